The van der Waals surface area contributed by atoms with E-state index < -0.39 is 0 Å². The Balaban J connectivity index is 1.93. The molecule has 1 heterocycles. The summed E-state index contributed by atoms with van der Waals surface area (Å²) in [4.78, 5) is 14.3. The Hall–Kier alpha value is -1.55. The molecule has 0 aliphatic carbocycles. The number of anilines is 1. The molecule has 1 aromatic carbocycles. The fourth-order valence-electron chi connectivity index (χ4n) is 2.51. The number of rotatable bonds is 4. The van der Waals surface area contributed by atoms with E-state index in [1.807, 2.05) is 24.3 Å². The zero-order valence-corrected chi connectivity index (χ0v) is 11.7. The standard InChI is InChI=1S/C15H22N2O2/c1-12-7-5-6-10-17(12)11-15(18)16-13-8-3-4-9-14(13)19-2/h3-4,8-9,12H,5-7,10-11H2,1-2H3,(H,16,18)/t12-/m0/s1. The molecule has 0 aromatic heterocycles. The fourth-order valence-corrected chi connectivity index (χ4v) is 2.51. The van der Waals surface area contributed by atoms with E-state index in [0.717, 1.165) is 12.2 Å². The van der Waals surface area contributed by atoms with Crippen molar-refractivity contribution >= 4 is 11.6 Å². The highest BCUT2D eigenvalue weighted by atomic mass is 16.5. The first-order valence-electron chi connectivity index (χ1n) is 6.87. The van der Waals surface area contributed by atoms with Crippen LogP contribution in [-0.4, -0.2) is 37.0 Å². The van der Waals surface area contributed by atoms with Gasteiger partial charge in [-0.15, -0.1) is 0 Å². The van der Waals surface area contributed by atoms with Gasteiger partial charge in [0.15, 0.2) is 0 Å². The summed E-state index contributed by atoms with van der Waals surface area (Å²) in [5.74, 6) is 0.723. The number of carbonyl (C=O) groups excluding carboxylic acids is 1. The minimum atomic E-state index is 0.0262. The van der Waals surface area contributed by atoms with E-state index >= 15 is 0 Å². The van der Waals surface area contributed by atoms with E-state index in [1.54, 1.807) is 7.11 Å². The predicted octanol–water partition coefficient (Wildman–Crippen LogP) is 2.51. The number of methoxy groups -OCH3 is 1. The van der Waals surface area contributed by atoms with Gasteiger partial charge in [-0.1, -0.05) is 18.6 Å². The molecule has 1 amide bonds. The Morgan fingerprint density at radius 1 is 1.42 bits per heavy atom. The summed E-state index contributed by atoms with van der Waals surface area (Å²) in [6, 6.07) is 7.98. The van der Waals surface area contributed by atoms with Crippen molar-refractivity contribution in [1.82, 2.24) is 4.90 Å². The van der Waals surface area contributed by atoms with Gasteiger partial charge < -0.3 is 10.1 Å². The normalized spacial score (nSPS) is 20.0. The number of likely N-dealkylation sites (tertiary alicyclic amines) is 1. The summed E-state index contributed by atoms with van der Waals surface area (Å²) in [5.41, 5.74) is 0.736. The van der Waals surface area contributed by atoms with Crippen LogP contribution in [0.3, 0.4) is 0 Å². The molecule has 0 radical (unpaired) electrons. The Kier molecular flexibility index (Phi) is 4.80. The third-order valence-electron chi connectivity index (χ3n) is 3.67. The second kappa shape index (κ2) is 6.57. The molecule has 0 spiro atoms. The van der Waals surface area contributed by atoms with Crippen molar-refractivity contribution in [2.75, 3.05) is 25.5 Å². The molecular weight excluding hydrogens is 240 g/mol. The highest BCUT2D eigenvalue weighted by Gasteiger charge is 2.20. The predicted molar refractivity (Wildman–Crippen MR) is 76.5 cm³/mol. The minimum Gasteiger partial charge on any atom is -0.495 e. The molecular formula is C15H22N2O2. The van der Waals surface area contributed by atoms with Gasteiger partial charge in [-0.3, -0.25) is 9.69 Å². The van der Waals surface area contributed by atoms with Crippen LogP contribution in [0, 0.1) is 0 Å². The number of nitrogens with zero attached hydrogens (tertiary/aromatic N) is 1. The highest BCUT2D eigenvalue weighted by Crippen LogP contribution is 2.23. The van der Waals surface area contributed by atoms with Gasteiger partial charge in [-0.05, 0) is 38.4 Å². The van der Waals surface area contributed by atoms with Crippen LogP contribution in [0.1, 0.15) is 26.2 Å². The Morgan fingerprint density at radius 2 is 2.21 bits per heavy atom. The molecule has 104 valence electrons. The van der Waals surface area contributed by atoms with E-state index in [0.29, 0.717) is 18.3 Å². The van der Waals surface area contributed by atoms with Crippen molar-refractivity contribution in [2.24, 2.45) is 0 Å². The molecule has 1 fully saturated rings. The average molecular weight is 262 g/mol. The third-order valence-corrected chi connectivity index (χ3v) is 3.67. The van der Waals surface area contributed by atoms with Gasteiger partial charge in [0.2, 0.25) is 5.91 Å². The van der Waals surface area contributed by atoms with E-state index in [-0.39, 0.29) is 5.91 Å². The van der Waals surface area contributed by atoms with Gasteiger partial charge in [0, 0.05) is 6.04 Å². The van der Waals surface area contributed by atoms with Crippen LogP contribution in [0.4, 0.5) is 5.69 Å². The first-order valence-corrected chi connectivity index (χ1v) is 6.87. The van der Waals surface area contributed by atoms with Gasteiger partial charge in [0.25, 0.3) is 0 Å². The van der Waals surface area contributed by atoms with Crippen LogP contribution in [0.15, 0.2) is 24.3 Å². The average Bonchev–Trinajstić information content (AvgIpc) is 2.42. The molecule has 2 rings (SSSR count). The van der Waals surface area contributed by atoms with Crippen LogP contribution in [0.5, 0.6) is 5.75 Å². The number of benzene rings is 1. The maximum absolute atomic E-state index is 12.1. The molecule has 1 aromatic rings. The summed E-state index contributed by atoms with van der Waals surface area (Å²) in [6.07, 6.45) is 3.64. The van der Waals surface area contributed by atoms with Gasteiger partial charge in [-0.2, -0.15) is 0 Å². The lowest BCUT2D eigenvalue weighted by Crippen LogP contribution is -2.42. The van der Waals surface area contributed by atoms with Gasteiger partial charge in [0.1, 0.15) is 5.75 Å². The van der Waals surface area contributed by atoms with Crippen molar-refractivity contribution < 1.29 is 9.53 Å². The molecule has 1 aliphatic rings. The maximum atomic E-state index is 12.1. The zero-order valence-electron chi connectivity index (χ0n) is 11.7. The molecule has 4 nitrogen and oxygen atoms in total. The molecule has 0 unspecified atom stereocenters. The topological polar surface area (TPSA) is 41.6 Å². The lowest BCUT2D eigenvalue weighted by atomic mass is 10.0. The van der Waals surface area contributed by atoms with E-state index in [4.69, 9.17) is 4.74 Å². The molecule has 0 bridgehead atoms. The van der Waals surface area contributed by atoms with E-state index in [9.17, 15) is 4.79 Å². The van der Waals surface area contributed by atoms with Crippen molar-refractivity contribution in [2.45, 2.75) is 32.2 Å². The second-order valence-electron chi connectivity index (χ2n) is 5.06. The smallest absolute Gasteiger partial charge is 0.238 e. The number of amides is 1. The number of para-hydroxylation sites is 2. The van der Waals surface area contributed by atoms with Crippen LogP contribution in [-0.2, 0) is 4.79 Å². The van der Waals surface area contributed by atoms with E-state index in [2.05, 4.69) is 17.1 Å². The van der Waals surface area contributed by atoms with E-state index in [1.165, 1.54) is 19.3 Å². The molecule has 1 aliphatic heterocycles. The first kappa shape index (κ1) is 13.9. The maximum Gasteiger partial charge on any atom is 0.238 e. The summed E-state index contributed by atoms with van der Waals surface area (Å²) >= 11 is 0. The Morgan fingerprint density at radius 3 is 2.95 bits per heavy atom. The lowest BCUT2D eigenvalue weighted by molar-refractivity contribution is -0.118. The van der Waals surface area contributed by atoms with Gasteiger partial charge >= 0.3 is 0 Å². The van der Waals surface area contributed by atoms with Crippen LogP contribution < -0.4 is 10.1 Å². The Bertz CT molecular complexity index is 434. The monoisotopic (exact) mass is 262 g/mol. The molecule has 1 atom stereocenters. The SMILES string of the molecule is COc1ccccc1NC(=O)CN1CCCC[C@@H]1C. The summed E-state index contributed by atoms with van der Waals surface area (Å²) < 4.78 is 5.23. The lowest BCUT2D eigenvalue weighted by Gasteiger charge is -2.32. The minimum absolute atomic E-state index is 0.0262. The summed E-state index contributed by atoms with van der Waals surface area (Å²) in [5, 5.41) is 2.92. The van der Waals surface area contributed by atoms with Crippen molar-refractivity contribution in [3.63, 3.8) is 0 Å². The van der Waals surface area contributed by atoms with Crippen molar-refractivity contribution in [3.8, 4) is 5.75 Å². The largest absolute Gasteiger partial charge is 0.495 e. The Labute approximate surface area is 114 Å². The van der Waals surface area contributed by atoms with Crippen LogP contribution >= 0.6 is 0 Å². The number of hydrogen-bond donors (Lipinski definition) is 1. The fraction of sp³-hybridized carbons (Fsp3) is 0.533. The highest BCUT2D eigenvalue weighted by molar-refractivity contribution is 5.93. The van der Waals surface area contributed by atoms with Crippen LogP contribution in [0.2, 0.25) is 0 Å². The summed E-state index contributed by atoms with van der Waals surface area (Å²) in [7, 11) is 1.61. The molecule has 0 saturated carbocycles. The number of carbonyl (C=O) groups is 1. The molecule has 4 heteroatoms. The van der Waals surface area contributed by atoms with Gasteiger partial charge in [-0.25, -0.2) is 0 Å². The van der Waals surface area contributed by atoms with Crippen molar-refractivity contribution in [1.29, 1.82) is 0 Å². The van der Waals surface area contributed by atoms with Crippen molar-refractivity contribution in [3.05, 3.63) is 24.3 Å². The number of nitrogens with one attached hydrogen (secondary N) is 1. The number of ether oxygens (including phenoxy) is 1. The number of piperidine rings is 1. The summed E-state index contributed by atoms with van der Waals surface area (Å²) in [6.45, 7) is 3.66. The molecule has 1 N–H and O–H groups in total. The molecule has 19 heavy (non-hydrogen) atoms. The van der Waals surface area contributed by atoms with Gasteiger partial charge in [0.05, 0.1) is 19.3 Å². The zero-order chi connectivity index (χ0) is 13.7. The molecule has 1 saturated heterocycles. The quantitative estimate of drug-likeness (QED) is 0.906. The van der Waals surface area contributed by atoms with Crippen LogP contribution in [0.25, 0.3) is 0 Å². The first-order chi connectivity index (χ1) is 9.20. The number of hydrogen-bond acceptors (Lipinski definition) is 3. The second-order valence-corrected chi connectivity index (χ2v) is 5.06. The third kappa shape index (κ3) is 3.70.